The van der Waals surface area contributed by atoms with Crippen molar-refractivity contribution in [3.8, 4) is 0 Å². The molecule has 0 saturated heterocycles. The Morgan fingerprint density at radius 1 is 0.929 bits per heavy atom. The van der Waals surface area contributed by atoms with Crippen molar-refractivity contribution in [1.82, 2.24) is 14.5 Å². The van der Waals surface area contributed by atoms with E-state index >= 15 is 0 Å². The minimum Gasteiger partial charge on any atom is -0.352 e. The number of hydrogen-bond donors (Lipinski definition) is 1. The molecule has 2 aliphatic rings. The molecule has 1 N–H and O–H groups in total. The number of benzene rings is 3. The average molecular weight is 608 g/mol. The lowest BCUT2D eigenvalue weighted by Gasteiger charge is -2.32. The fraction of sp³-hybridized carbons (Fsp3) is 0.344. The van der Waals surface area contributed by atoms with Gasteiger partial charge in [0.05, 0.1) is 5.56 Å². The summed E-state index contributed by atoms with van der Waals surface area (Å²) in [6.07, 6.45) is 4.36. The van der Waals surface area contributed by atoms with Crippen LogP contribution in [0, 0.1) is 0 Å². The number of carbonyl (C=O) groups is 3. The Kier molecular flexibility index (Phi) is 9.28. The van der Waals surface area contributed by atoms with Crippen molar-refractivity contribution in [3.63, 3.8) is 0 Å². The van der Waals surface area contributed by atoms with Crippen molar-refractivity contribution in [3.05, 3.63) is 101 Å². The summed E-state index contributed by atoms with van der Waals surface area (Å²) < 4.78 is 26.8. The van der Waals surface area contributed by atoms with E-state index in [1.54, 1.807) is 29.2 Å². The molecule has 3 aromatic carbocycles. The van der Waals surface area contributed by atoms with Crippen LogP contribution in [0.2, 0.25) is 5.02 Å². The van der Waals surface area contributed by atoms with E-state index < -0.39 is 22.0 Å². The first-order chi connectivity index (χ1) is 20.2. The third-order valence-corrected chi connectivity index (χ3v) is 10.00. The summed E-state index contributed by atoms with van der Waals surface area (Å²) in [4.78, 5) is 42.1. The highest BCUT2D eigenvalue weighted by atomic mass is 35.5. The quantitative estimate of drug-likeness (QED) is 0.332. The molecule has 1 saturated carbocycles. The van der Waals surface area contributed by atoms with Crippen molar-refractivity contribution in [1.29, 1.82) is 0 Å². The first-order valence-electron chi connectivity index (χ1n) is 14.3. The molecule has 1 aliphatic heterocycles. The Morgan fingerprint density at radius 3 is 2.29 bits per heavy atom. The average Bonchev–Trinajstić information content (AvgIpc) is 3.57. The van der Waals surface area contributed by atoms with E-state index in [0.717, 1.165) is 41.1 Å². The number of halogens is 1. The van der Waals surface area contributed by atoms with Gasteiger partial charge < -0.3 is 10.2 Å². The van der Waals surface area contributed by atoms with E-state index in [1.165, 1.54) is 12.1 Å². The zero-order valence-electron chi connectivity index (χ0n) is 23.2. The Morgan fingerprint density at radius 2 is 1.60 bits per heavy atom. The van der Waals surface area contributed by atoms with Crippen molar-refractivity contribution in [2.45, 2.75) is 68.5 Å². The maximum Gasteiger partial charge on any atom is 0.269 e. The van der Waals surface area contributed by atoms with E-state index in [4.69, 9.17) is 11.6 Å². The third kappa shape index (κ3) is 6.68. The lowest BCUT2D eigenvalue weighted by molar-refractivity contribution is -0.141. The van der Waals surface area contributed by atoms with Gasteiger partial charge in [-0.2, -0.15) is 0 Å². The van der Waals surface area contributed by atoms with Crippen molar-refractivity contribution in [2.75, 3.05) is 6.54 Å². The fourth-order valence-electron chi connectivity index (χ4n) is 5.68. The van der Waals surface area contributed by atoms with Crippen LogP contribution in [0.1, 0.15) is 60.0 Å². The SMILES string of the molecule is O=C(NC1CCCC1)[C@H](Cc1ccccc1)N(Cc1ccc(Cl)cc1)C(=O)CCCN1C(=O)c2ccccc2S1(=O)=O. The van der Waals surface area contributed by atoms with Gasteiger partial charge in [0.2, 0.25) is 11.8 Å². The van der Waals surface area contributed by atoms with Crippen LogP contribution in [0.3, 0.4) is 0 Å². The second kappa shape index (κ2) is 13.1. The van der Waals surface area contributed by atoms with Crippen LogP contribution in [0.5, 0.6) is 0 Å². The highest BCUT2D eigenvalue weighted by molar-refractivity contribution is 7.90. The number of fused-ring (bicyclic) bond motifs is 1. The first-order valence-corrected chi connectivity index (χ1v) is 16.1. The van der Waals surface area contributed by atoms with Gasteiger partial charge in [-0.25, -0.2) is 12.7 Å². The lowest BCUT2D eigenvalue weighted by Crippen LogP contribution is -2.52. The molecule has 0 aromatic heterocycles. The molecule has 0 radical (unpaired) electrons. The van der Waals surface area contributed by atoms with Crippen LogP contribution in [-0.2, 0) is 32.6 Å². The standard InChI is InChI=1S/C32H34ClN3O5S/c33-25-18-16-24(17-19-25)22-35(28(21-23-9-2-1-3-10-23)31(38)34-26-11-4-5-12-26)30(37)15-8-20-36-32(39)27-13-6-7-14-29(27)42(36,40)41/h1-3,6-7,9-10,13-14,16-19,26,28H,4-5,8,11-12,15,20-22H2,(H,34,38)/t28-/m0/s1. The Balaban J connectivity index is 1.37. The van der Waals surface area contributed by atoms with E-state index in [0.29, 0.717) is 11.4 Å². The van der Waals surface area contributed by atoms with Gasteiger partial charge in [0, 0.05) is 37.0 Å². The molecule has 0 unspecified atom stereocenters. The Labute approximate surface area is 251 Å². The van der Waals surface area contributed by atoms with Gasteiger partial charge in [-0.05, 0) is 54.7 Å². The van der Waals surface area contributed by atoms with Crippen LogP contribution in [0.4, 0.5) is 0 Å². The summed E-state index contributed by atoms with van der Waals surface area (Å²) >= 11 is 6.10. The van der Waals surface area contributed by atoms with Gasteiger partial charge >= 0.3 is 0 Å². The predicted octanol–water partition coefficient (Wildman–Crippen LogP) is 4.96. The van der Waals surface area contributed by atoms with Crippen LogP contribution >= 0.6 is 11.6 Å². The minimum atomic E-state index is -3.97. The molecular formula is C32H34ClN3O5S. The second-order valence-electron chi connectivity index (χ2n) is 10.8. The molecule has 10 heteroatoms. The van der Waals surface area contributed by atoms with Gasteiger partial charge in [-0.1, -0.05) is 79.0 Å². The summed E-state index contributed by atoms with van der Waals surface area (Å²) in [5.74, 6) is -1.09. The van der Waals surface area contributed by atoms with Crippen LogP contribution < -0.4 is 5.32 Å². The number of nitrogens with one attached hydrogen (secondary N) is 1. The molecule has 3 aromatic rings. The predicted molar refractivity (Wildman–Crippen MR) is 160 cm³/mol. The molecular weight excluding hydrogens is 574 g/mol. The highest BCUT2D eigenvalue weighted by Gasteiger charge is 2.40. The van der Waals surface area contributed by atoms with Crippen molar-refractivity contribution in [2.24, 2.45) is 0 Å². The second-order valence-corrected chi connectivity index (χ2v) is 13.1. The van der Waals surface area contributed by atoms with E-state index in [9.17, 15) is 22.8 Å². The van der Waals surface area contributed by atoms with Crippen LogP contribution in [0.15, 0.2) is 83.8 Å². The largest absolute Gasteiger partial charge is 0.352 e. The molecule has 1 aliphatic carbocycles. The smallest absolute Gasteiger partial charge is 0.269 e. The summed E-state index contributed by atoms with van der Waals surface area (Å²) in [5, 5.41) is 3.73. The number of hydrogen-bond acceptors (Lipinski definition) is 5. The first kappa shape index (κ1) is 29.8. The molecule has 0 bridgehead atoms. The van der Waals surface area contributed by atoms with Gasteiger partial charge in [0.25, 0.3) is 15.9 Å². The third-order valence-electron chi connectivity index (χ3n) is 7.90. The van der Waals surface area contributed by atoms with E-state index in [1.807, 2.05) is 42.5 Å². The number of nitrogens with zero attached hydrogens (tertiary/aromatic N) is 2. The molecule has 0 spiro atoms. The topological polar surface area (TPSA) is 104 Å². The Hall–Kier alpha value is -3.69. The van der Waals surface area contributed by atoms with Crippen LogP contribution in [0.25, 0.3) is 0 Å². The molecule has 8 nitrogen and oxygen atoms in total. The van der Waals surface area contributed by atoms with Crippen LogP contribution in [-0.4, -0.2) is 54.0 Å². The fourth-order valence-corrected chi connectivity index (χ4v) is 7.41. The van der Waals surface area contributed by atoms with Crippen molar-refractivity contribution >= 4 is 39.3 Å². The number of sulfonamides is 1. The number of rotatable bonds is 11. The summed E-state index contributed by atoms with van der Waals surface area (Å²) in [7, 11) is -3.97. The summed E-state index contributed by atoms with van der Waals surface area (Å²) in [6, 6.07) is 22.1. The zero-order chi connectivity index (χ0) is 29.7. The molecule has 3 amide bonds. The number of amides is 3. The molecule has 5 rings (SSSR count). The monoisotopic (exact) mass is 607 g/mol. The van der Waals surface area contributed by atoms with Gasteiger partial charge in [-0.15, -0.1) is 0 Å². The number of carbonyl (C=O) groups excluding carboxylic acids is 3. The molecule has 220 valence electrons. The molecule has 1 fully saturated rings. The van der Waals surface area contributed by atoms with E-state index in [-0.39, 0.29) is 54.2 Å². The maximum absolute atomic E-state index is 13.9. The van der Waals surface area contributed by atoms with Gasteiger partial charge in [0.15, 0.2) is 0 Å². The zero-order valence-corrected chi connectivity index (χ0v) is 24.8. The lowest BCUT2D eigenvalue weighted by atomic mass is 10.0. The summed E-state index contributed by atoms with van der Waals surface area (Å²) in [5.41, 5.74) is 1.87. The Bertz CT molecular complexity index is 1540. The van der Waals surface area contributed by atoms with Crippen molar-refractivity contribution < 1.29 is 22.8 Å². The summed E-state index contributed by atoms with van der Waals surface area (Å²) in [6.45, 7) is 0.0476. The molecule has 42 heavy (non-hydrogen) atoms. The maximum atomic E-state index is 13.9. The molecule has 1 heterocycles. The minimum absolute atomic E-state index is 0.0165. The highest BCUT2D eigenvalue weighted by Crippen LogP contribution is 2.30. The van der Waals surface area contributed by atoms with Gasteiger partial charge in [-0.3, -0.25) is 14.4 Å². The van der Waals surface area contributed by atoms with E-state index in [2.05, 4.69) is 5.32 Å². The molecule has 1 atom stereocenters. The van der Waals surface area contributed by atoms with Gasteiger partial charge in [0.1, 0.15) is 10.9 Å². The normalized spacial score (nSPS) is 16.7.